The first-order chi connectivity index (χ1) is 13.1. The fraction of sp³-hybridized carbons (Fsp3) is 0.577. The largest absolute Gasteiger partial charge is 0.252 e. The summed E-state index contributed by atoms with van der Waals surface area (Å²) in [5, 5.41) is 0. The Balaban J connectivity index is 1.85. The van der Waals surface area contributed by atoms with Gasteiger partial charge in [0.25, 0.3) is 0 Å². The van der Waals surface area contributed by atoms with E-state index in [0.29, 0.717) is 5.92 Å². The lowest BCUT2D eigenvalue weighted by molar-refractivity contribution is 0.427. The molecule has 0 unspecified atom stereocenters. The van der Waals surface area contributed by atoms with Crippen LogP contribution >= 0.6 is 0 Å². The number of hydrogen-bond donors (Lipinski definition) is 0. The van der Waals surface area contributed by atoms with Crippen molar-refractivity contribution in [1.29, 1.82) is 0 Å². The van der Waals surface area contributed by atoms with Crippen LogP contribution < -0.4 is 0 Å². The lowest BCUT2D eigenvalue weighted by atomic mass is 9.77. The van der Waals surface area contributed by atoms with Gasteiger partial charge in [0.15, 0.2) is 0 Å². The summed E-state index contributed by atoms with van der Waals surface area (Å²) < 4.78 is 0. The summed E-state index contributed by atoms with van der Waals surface area (Å²) in [5.41, 5.74) is 9.93. The Morgan fingerprint density at radius 2 is 1.22 bits per heavy atom. The summed E-state index contributed by atoms with van der Waals surface area (Å²) in [5.74, 6) is 1.42. The van der Waals surface area contributed by atoms with E-state index >= 15 is 0 Å². The van der Waals surface area contributed by atoms with Crippen molar-refractivity contribution in [3.05, 3.63) is 52.2 Å². The standard InChI is InChI=1S/C26H35N/c1-18-14-16-23(17-15-18)26-20(3)24(21-10-6-4-7-11-21)19(2)25(27-26)22-12-8-5-9-13-22/h14-17,21-22H,4-13H2,1-3H3. The zero-order valence-electron chi connectivity index (χ0n) is 17.5. The summed E-state index contributed by atoms with van der Waals surface area (Å²) in [6.45, 7) is 6.89. The fourth-order valence-electron chi connectivity index (χ4n) is 5.60. The SMILES string of the molecule is Cc1ccc(-c2nc(C3CCCCC3)c(C)c(C3CCCCC3)c2C)cc1. The van der Waals surface area contributed by atoms with Gasteiger partial charge in [-0.2, -0.15) is 0 Å². The van der Waals surface area contributed by atoms with E-state index in [4.69, 9.17) is 4.98 Å². The lowest BCUT2D eigenvalue weighted by Gasteiger charge is -2.30. The highest BCUT2D eigenvalue weighted by molar-refractivity contribution is 5.66. The van der Waals surface area contributed by atoms with Crippen molar-refractivity contribution in [3.8, 4) is 11.3 Å². The van der Waals surface area contributed by atoms with E-state index in [1.807, 2.05) is 0 Å². The molecule has 4 rings (SSSR count). The van der Waals surface area contributed by atoms with E-state index in [-0.39, 0.29) is 0 Å². The quantitative estimate of drug-likeness (QED) is 0.544. The molecule has 0 spiro atoms. The van der Waals surface area contributed by atoms with Crippen LogP contribution in [0.1, 0.15) is 104 Å². The molecule has 0 atom stereocenters. The Bertz CT molecular complexity index is 775. The predicted molar refractivity (Wildman–Crippen MR) is 116 cm³/mol. The van der Waals surface area contributed by atoms with Gasteiger partial charge >= 0.3 is 0 Å². The van der Waals surface area contributed by atoms with Gasteiger partial charge in [-0.15, -0.1) is 0 Å². The molecular formula is C26H35N. The molecule has 0 radical (unpaired) electrons. The van der Waals surface area contributed by atoms with Crippen LogP contribution in [0.3, 0.4) is 0 Å². The number of hydrogen-bond acceptors (Lipinski definition) is 1. The third-order valence-electron chi connectivity index (χ3n) is 7.11. The molecule has 2 aliphatic carbocycles. The summed E-state index contributed by atoms with van der Waals surface area (Å²) in [4.78, 5) is 5.35. The van der Waals surface area contributed by atoms with Gasteiger partial charge in [0.1, 0.15) is 0 Å². The molecule has 0 N–H and O–H groups in total. The Kier molecular flexibility index (Phi) is 5.66. The number of aromatic nitrogens is 1. The molecule has 1 heteroatoms. The van der Waals surface area contributed by atoms with Crippen LogP contribution in [0, 0.1) is 20.8 Å². The van der Waals surface area contributed by atoms with Crippen molar-refractivity contribution in [2.75, 3.05) is 0 Å². The second-order valence-electron chi connectivity index (χ2n) is 9.05. The molecule has 1 aromatic carbocycles. The highest BCUT2D eigenvalue weighted by Crippen LogP contribution is 2.43. The summed E-state index contributed by atoms with van der Waals surface area (Å²) in [6, 6.07) is 9.01. The first-order valence-electron chi connectivity index (χ1n) is 11.2. The molecule has 0 aliphatic heterocycles. The molecule has 2 aromatic rings. The zero-order chi connectivity index (χ0) is 18.8. The van der Waals surface area contributed by atoms with Crippen molar-refractivity contribution in [1.82, 2.24) is 4.98 Å². The Morgan fingerprint density at radius 1 is 0.667 bits per heavy atom. The highest BCUT2D eigenvalue weighted by atomic mass is 14.7. The Labute approximate surface area is 165 Å². The Morgan fingerprint density at radius 3 is 1.81 bits per heavy atom. The van der Waals surface area contributed by atoms with Crippen LogP contribution in [-0.2, 0) is 0 Å². The smallest absolute Gasteiger partial charge is 0.0737 e. The normalized spacial score (nSPS) is 19.4. The average Bonchev–Trinajstić information content (AvgIpc) is 2.71. The van der Waals surface area contributed by atoms with E-state index in [2.05, 4.69) is 45.0 Å². The maximum atomic E-state index is 5.35. The molecule has 0 bridgehead atoms. The predicted octanol–water partition coefficient (Wildman–Crippen LogP) is 7.77. The zero-order valence-corrected chi connectivity index (χ0v) is 17.5. The van der Waals surface area contributed by atoms with Crippen LogP contribution in [0.15, 0.2) is 24.3 Å². The minimum absolute atomic E-state index is 0.672. The number of nitrogens with zero attached hydrogens (tertiary/aromatic N) is 1. The van der Waals surface area contributed by atoms with Crippen molar-refractivity contribution in [2.45, 2.75) is 96.8 Å². The van der Waals surface area contributed by atoms with Crippen LogP contribution in [-0.4, -0.2) is 4.98 Å². The Hall–Kier alpha value is -1.63. The second kappa shape index (κ2) is 8.17. The number of aryl methyl sites for hydroxylation is 1. The minimum Gasteiger partial charge on any atom is -0.252 e. The van der Waals surface area contributed by atoms with Gasteiger partial charge in [0.05, 0.1) is 5.69 Å². The fourth-order valence-corrected chi connectivity index (χ4v) is 5.60. The van der Waals surface area contributed by atoms with Gasteiger partial charge in [-0.05, 0) is 69.1 Å². The number of rotatable bonds is 3. The lowest BCUT2D eigenvalue weighted by Crippen LogP contribution is -2.15. The molecule has 27 heavy (non-hydrogen) atoms. The summed E-state index contributed by atoms with van der Waals surface area (Å²) >= 11 is 0. The molecular weight excluding hydrogens is 326 g/mol. The van der Waals surface area contributed by atoms with E-state index in [0.717, 1.165) is 5.92 Å². The van der Waals surface area contributed by atoms with Crippen LogP contribution in [0.2, 0.25) is 0 Å². The molecule has 0 amide bonds. The topological polar surface area (TPSA) is 12.9 Å². The molecule has 1 heterocycles. The third kappa shape index (κ3) is 3.84. The minimum atomic E-state index is 0.672. The van der Waals surface area contributed by atoms with E-state index in [9.17, 15) is 0 Å². The van der Waals surface area contributed by atoms with Gasteiger partial charge in [-0.25, -0.2) is 0 Å². The number of benzene rings is 1. The van der Waals surface area contributed by atoms with Gasteiger partial charge in [0.2, 0.25) is 0 Å². The highest BCUT2D eigenvalue weighted by Gasteiger charge is 2.27. The van der Waals surface area contributed by atoms with Gasteiger partial charge in [-0.3, -0.25) is 4.98 Å². The molecule has 0 saturated heterocycles. The molecule has 2 fully saturated rings. The molecule has 144 valence electrons. The van der Waals surface area contributed by atoms with Gasteiger partial charge in [-0.1, -0.05) is 68.4 Å². The second-order valence-corrected chi connectivity index (χ2v) is 9.05. The van der Waals surface area contributed by atoms with E-state index in [1.54, 1.807) is 5.56 Å². The monoisotopic (exact) mass is 361 g/mol. The van der Waals surface area contributed by atoms with Gasteiger partial charge < -0.3 is 0 Å². The van der Waals surface area contributed by atoms with E-state index in [1.165, 1.54) is 97.8 Å². The van der Waals surface area contributed by atoms with Gasteiger partial charge in [0, 0.05) is 17.2 Å². The average molecular weight is 362 g/mol. The first kappa shape index (κ1) is 18.7. The molecule has 2 aliphatic rings. The van der Waals surface area contributed by atoms with Crippen LogP contribution in [0.5, 0.6) is 0 Å². The molecule has 1 aromatic heterocycles. The number of pyridine rings is 1. The van der Waals surface area contributed by atoms with Crippen LogP contribution in [0.25, 0.3) is 11.3 Å². The third-order valence-corrected chi connectivity index (χ3v) is 7.11. The van der Waals surface area contributed by atoms with E-state index < -0.39 is 0 Å². The maximum absolute atomic E-state index is 5.35. The van der Waals surface area contributed by atoms with Crippen molar-refractivity contribution >= 4 is 0 Å². The van der Waals surface area contributed by atoms with Crippen LogP contribution in [0.4, 0.5) is 0 Å². The first-order valence-corrected chi connectivity index (χ1v) is 11.2. The van der Waals surface area contributed by atoms with Crippen molar-refractivity contribution in [2.24, 2.45) is 0 Å². The summed E-state index contributed by atoms with van der Waals surface area (Å²) in [6.07, 6.45) is 13.7. The molecule has 2 saturated carbocycles. The van der Waals surface area contributed by atoms with Crippen molar-refractivity contribution < 1.29 is 0 Å². The van der Waals surface area contributed by atoms with Crippen molar-refractivity contribution in [3.63, 3.8) is 0 Å². The summed E-state index contributed by atoms with van der Waals surface area (Å²) in [7, 11) is 0. The molecule has 1 nitrogen and oxygen atoms in total. The maximum Gasteiger partial charge on any atom is 0.0737 e.